The number of carbonyl (C=O) groups is 1. The van der Waals surface area contributed by atoms with Gasteiger partial charge in [-0.25, -0.2) is 9.78 Å². The number of halogens is 3. The van der Waals surface area contributed by atoms with E-state index in [4.69, 9.17) is 23.2 Å². The third-order valence-electron chi connectivity index (χ3n) is 2.47. The maximum Gasteiger partial charge on any atom is 0.342 e. The maximum atomic E-state index is 13.7. The number of hydrogen-bond donors (Lipinski definition) is 0. The number of aromatic nitrogens is 1. The second-order valence-electron chi connectivity index (χ2n) is 3.66. The van der Waals surface area contributed by atoms with Crippen molar-refractivity contribution in [1.29, 1.82) is 0 Å². The molecule has 0 saturated carbocycles. The molecule has 1 heterocycles. The van der Waals surface area contributed by atoms with Crippen molar-refractivity contribution in [3.05, 3.63) is 51.9 Å². The summed E-state index contributed by atoms with van der Waals surface area (Å²) in [4.78, 5) is 15.0. The zero-order valence-corrected chi connectivity index (χ0v) is 11.3. The highest BCUT2D eigenvalue weighted by molar-refractivity contribution is 6.42. The molecule has 0 amide bonds. The van der Waals surface area contributed by atoms with E-state index in [1.165, 1.54) is 19.2 Å². The fraction of sp³-hybridized carbons (Fsp3) is 0.0769. The van der Waals surface area contributed by atoms with Crippen molar-refractivity contribution < 1.29 is 13.9 Å². The van der Waals surface area contributed by atoms with Crippen molar-refractivity contribution in [2.75, 3.05) is 7.11 Å². The Morgan fingerprint density at radius 3 is 2.53 bits per heavy atom. The summed E-state index contributed by atoms with van der Waals surface area (Å²) < 4.78 is 18.1. The van der Waals surface area contributed by atoms with E-state index in [1.807, 2.05) is 0 Å². The normalized spacial score (nSPS) is 10.3. The first-order valence-corrected chi connectivity index (χ1v) is 5.99. The summed E-state index contributed by atoms with van der Waals surface area (Å²) in [6.07, 6.45) is 0. The average molecular weight is 300 g/mol. The van der Waals surface area contributed by atoms with Crippen molar-refractivity contribution in [3.8, 4) is 11.3 Å². The molecule has 0 aliphatic carbocycles. The Labute approximate surface area is 118 Å². The summed E-state index contributed by atoms with van der Waals surface area (Å²) in [6.45, 7) is 0. The molecular formula is C13H8Cl2FNO2. The van der Waals surface area contributed by atoms with E-state index in [9.17, 15) is 9.18 Å². The lowest BCUT2D eigenvalue weighted by atomic mass is 10.1. The van der Waals surface area contributed by atoms with E-state index in [0.29, 0.717) is 21.3 Å². The van der Waals surface area contributed by atoms with Crippen LogP contribution in [0.5, 0.6) is 0 Å². The number of nitrogens with zero attached hydrogens (tertiary/aromatic N) is 1. The van der Waals surface area contributed by atoms with E-state index in [0.717, 1.165) is 0 Å². The van der Waals surface area contributed by atoms with Gasteiger partial charge in [0, 0.05) is 5.56 Å². The van der Waals surface area contributed by atoms with Crippen LogP contribution in [0.4, 0.5) is 4.39 Å². The van der Waals surface area contributed by atoms with Crippen molar-refractivity contribution in [3.63, 3.8) is 0 Å². The first-order chi connectivity index (χ1) is 9.02. The van der Waals surface area contributed by atoms with Crippen LogP contribution >= 0.6 is 23.2 Å². The van der Waals surface area contributed by atoms with Crippen LogP contribution in [-0.4, -0.2) is 18.1 Å². The second kappa shape index (κ2) is 5.55. The van der Waals surface area contributed by atoms with Crippen molar-refractivity contribution in [2.24, 2.45) is 0 Å². The van der Waals surface area contributed by atoms with Crippen LogP contribution in [0.15, 0.2) is 30.3 Å². The van der Waals surface area contributed by atoms with E-state index < -0.39 is 11.9 Å². The number of pyridine rings is 1. The Kier molecular flexibility index (Phi) is 4.02. The van der Waals surface area contributed by atoms with Crippen LogP contribution in [0.3, 0.4) is 0 Å². The number of carbonyl (C=O) groups excluding carboxylic acids is 1. The van der Waals surface area contributed by atoms with E-state index in [-0.39, 0.29) is 5.56 Å². The second-order valence-corrected chi connectivity index (χ2v) is 4.47. The molecule has 0 radical (unpaired) electrons. The minimum Gasteiger partial charge on any atom is -0.465 e. The molecule has 0 bridgehead atoms. The molecule has 0 N–H and O–H groups in total. The summed E-state index contributed by atoms with van der Waals surface area (Å²) in [7, 11) is 1.18. The Morgan fingerprint density at radius 2 is 1.95 bits per heavy atom. The molecule has 98 valence electrons. The fourth-order valence-corrected chi connectivity index (χ4v) is 1.81. The Bertz CT molecular complexity index is 647. The highest BCUT2D eigenvalue weighted by atomic mass is 35.5. The molecule has 0 saturated heterocycles. The minimum atomic E-state index is -0.893. The lowest BCUT2D eigenvalue weighted by molar-refractivity contribution is 0.0594. The number of ether oxygens (including phenoxy) is 1. The molecule has 3 nitrogen and oxygen atoms in total. The molecule has 0 fully saturated rings. The van der Waals surface area contributed by atoms with Gasteiger partial charge in [-0.2, -0.15) is 4.39 Å². The number of methoxy groups -OCH3 is 1. The SMILES string of the molecule is COC(=O)c1ccc(-c2ccc(Cl)c(Cl)c2)nc1F. The number of esters is 1. The first kappa shape index (κ1) is 13.8. The summed E-state index contributed by atoms with van der Waals surface area (Å²) in [5, 5.41) is 0.746. The van der Waals surface area contributed by atoms with Gasteiger partial charge in [-0.1, -0.05) is 29.3 Å². The smallest absolute Gasteiger partial charge is 0.342 e. The minimum absolute atomic E-state index is 0.216. The van der Waals surface area contributed by atoms with Gasteiger partial charge in [-0.05, 0) is 24.3 Å². The standard InChI is InChI=1S/C13H8Cl2FNO2/c1-19-13(18)8-3-5-11(17-12(8)16)7-2-4-9(14)10(15)6-7/h2-6H,1H3. The Morgan fingerprint density at radius 1 is 1.21 bits per heavy atom. The molecule has 2 aromatic rings. The number of hydrogen-bond acceptors (Lipinski definition) is 3. The van der Waals surface area contributed by atoms with Gasteiger partial charge < -0.3 is 4.74 Å². The van der Waals surface area contributed by atoms with E-state index >= 15 is 0 Å². The van der Waals surface area contributed by atoms with Crippen LogP contribution in [-0.2, 0) is 4.74 Å². The quantitative estimate of drug-likeness (QED) is 0.622. The molecule has 0 spiro atoms. The van der Waals surface area contributed by atoms with Crippen LogP contribution in [0.2, 0.25) is 10.0 Å². The predicted octanol–water partition coefficient (Wildman–Crippen LogP) is 3.98. The predicted molar refractivity (Wildman–Crippen MR) is 71.0 cm³/mol. The van der Waals surface area contributed by atoms with Gasteiger partial charge in [0.25, 0.3) is 0 Å². The van der Waals surface area contributed by atoms with Gasteiger partial charge in [0.05, 0.1) is 22.8 Å². The zero-order valence-electron chi connectivity index (χ0n) is 9.78. The summed E-state index contributed by atoms with van der Waals surface area (Å²) in [6, 6.07) is 7.64. The van der Waals surface area contributed by atoms with Crippen LogP contribution in [0.1, 0.15) is 10.4 Å². The van der Waals surface area contributed by atoms with Gasteiger partial charge >= 0.3 is 5.97 Å². The highest BCUT2D eigenvalue weighted by Gasteiger charge is 2.14. The molecule has 0 atom stereocenters. The molecule has 1 aromatic carbocycles. The maximum absolute atomic E-state index is 13.7. The molecule has 1 aromatic heterocycles. The van der Waals surface area contributed by atoms with E-state index in [2.05, 4.69) is 9.72 Å². The largest absolute Gasteiger partial charge is 0.465 e. The van der Waals surface area contributed by atoms with Crippen molar-refractivity contribution in [1.82, 2.24) is 4.98 Å². The Hall–Kier alpha value is -1.65. The monoisotopic (exact) mass is 299 g/mol. The summed E-state index contributed by atoms with van der Waals surface area (Å²) in [5.41, 5.74) is 0.736. The van der Waals surface area contributed by atoms with Gasteiger partial charge in [-0.3, -0.25) is 0 Å². The van der Waals surface area contributed by atoms with Crippen molar-refractivity contribution >= 4 is 29.2 Å². The topological polar surface area (TPSA) is 39.2 Å². The molecule has 0 aliphatic rings. The van der Waals surface area contributed by atoms with E-state index in [1.54, 1.807) is 18.2 Å². The fourth-order valence-electron chi connectivity index (χ4n) is 1.51. The molecular weight excluding hydrogens is 292 g/mol. The molecule has 6 heteroatoms. The van der Waals surface area contributed by atoms with Crippen LogP contribution in [0, 0.1) is 5.95 Å². The van der Waals surface area contributed by atoms with Crippen LogP contribution < -0.4 is 0 Å². The molecule has 19 heavy (non-hydrogen) atoms. The van der Waals surface area contributed by atoms with Gasteiger partial charge in [0.1, 0.15) is 5.56 Å². The number of benzene rings is 1. The molecule has 0 unspecified atom stereocenters. The zero-order chi connectivity index (χ0) is 14.0. The lowest BCUT2D eigenvalue weighted by Crippen LogP contribution is -2.06. The highest BCUT2D eigenvalue weighted by Crippen LogP contribution is 2.28. The van der Waals surface area contributed by atoms with Crippen LogP contribution in [0.25, 0.3) is 11.3 Å². The van der Waals surface area contributed by atoms with Crippen molar-refractivity contribution in [2.45, 2.75) is 0 Å². The van der Waals surface area contributed by atoms with Gasteiger partial charge in [-0.15, -0.1) is 0 Å². The average Bonchev–Trinajstić information content (AvgIpc) is 2.41. The first-order valence-electron chi connectivity index (χ1n) is 5.23. The number of rotatable bonds is 2. The van der Waals surface area contributed by atoms with Gasteiger partial charge in [0.15, 0.2) is 0 Å². The lowest BCUT2D eigenvalue weighted by Gasteiger charge is -2.05. The third-order valence-corrected chi connectivity index (χ3v) is 3.21. The third kappa shape index (κ3) is 2.85. The van der Waals surface area contributed by atoms with Gasteiger partial charge in [0.2, 0.25) is 5.95 Å². The molecule has 2 rings (SSSR count). The summed E-state index contributed by atoms with van der Waals surface area (Å²) in [5.74, 6) is -1.67. The summed E-state index contributed by atoms with van der Waals surface area (Å²) >= 11 is 11.7. The molecule has 0 aliphatic heterocycles. The Balaban J connectivity index is 2.44.